The van der Waals surface area contributed by atoms with E-state index in [4.69, 9.17) is 23.2 Å². The van der Waals surface area contributed by atoms with Crippen molar-refractivity contribution >= 4 is 45.8 Å². The first-order chi connectivity index (χ1) is 10.5. The van der Waals surface area contributed by atoms with Gasteiger partial charge in [0.1, 0.15) is 5.65 Å². The number of aryl methyl sites for hydroxylation is 2. The van der Waals surface area contributed by atoms with E-state index in [1.165, 1.54) is 6.20 Å². The summed E-state index contributed by atoms with van der Waals surface area (Å²) in [5.41, 5.74) is 2.76. The van der Waals surface area contributed by atoms with E-state index in [0.717, 1.165) is 5.56 Å². The van der Waals surface area contributed by atoms with Crippen molar-refractivity contribution in [2.24, 2.45) is 7.05 Å². The molecule has 0 aliphatic rings. The van der Waals surface area contributed by atoms with Crippen LogP contribution in [0.3, 0.4) is 0 Å². The fraction of sp³-hybridized carbons (Fsp3) is 0.125. The van der Waals surface area contributed by atoms with Gasteiger partial charge in [-0.25, -0.2) is 4.98 Å². The summed E-state index contributed by atoms with van der Waals surface area (Å²) in [4.78, 5) is 16.7. The number of hydrogen-bond acceptors (Lipinski definition) is 2. The summed E-state index contributed by atoms with van der Waals surface area (Å²) < 4.78 is 1.77. The average molecular weight is 334 g/mol. The molecule has 2 aromatic heterocycles. The molecule has 0 aliphatic carbocycles. The molecule has 6 heteroatoms. The van der Waals surface area contributed by atoms with Crippen LogP contribution in [0.5, 0.6) is 0 Å². The van der Waals surface area contributed by atoms with Gasteiger partial charge in [-0.05, 0) is 19.1 Å². The molecule has 2 heterocycles. The number of carbonyl (C=O) groups is 1. The van der Waals surface area contributed by atoms with Crippen molar-refractivity contribution in [3.8, 4) is 0 Å². The zero-order valence-electron chi connectivity index (χ0n) is 12.0. The fourth-order valence-electron chi connectivity index (χ4n) is 2.25. The molecular formula is C16H13Cl2N3O. The summed E-state index contributed by atoms with van der Waals surface area (Å²) in [5.74, 6) is -0.317. The monoisotopic (exact) mass is 333 g/mol. The zero-order valence-corrected chi connectivity index (χ0v) is 13.5. The Balaban J connectivity index is 1.99. The van der Waals surface area contributed by atoms with Gasteiger partial charge >= 0.3 is 0 Å². The van der Waals surface area contributed by atoms with Gasteiger partial charge in [0.15, 0.2) is 0 Å². The topological polar surface area (TPSA) is 46.9 Å². The molecule has 0 atom stereocenters. The van der Waals surface area contributed by atoms with Crippen LogP contribution in [-0.4, -0.2) is 15.5 Å². The van der Waals surface area contributed by atoms with Crippen LogP contribution in [0.2, 0.25) is 10.0 Å². The Morgan fingerprint density at radius 3 is 2.59 bits per heavy atom. The Morgan fingerprint density at radius 2 is 1.91 bits per heavy atom. The van der Waals surface area contributed by atoms with E-state index in [9.17, 15) is 4.79 Å². The van der Waals surface area contributed by atoms with Crippen molar-refractivity contribution in [1.82, 2.24) is 9.55 Å². The molecule has 0 bridgehead atoms. The Labute approximate surface area is 137 Å². The van der Waals surface area contributed by atoms with Crippen molar-refractivity contribution in [2.45, 2.75) is 6.92 Å². The number of amides is 1. The number of fused-ring (bicyclic) bond motifs is 1. The summed E-state index contributed by atoms with van der Waals surface area (Å²) in [6, 6.07) is 7.52. The smallest absolute Gasteiger partial charge is 0.258 e. The van der Waals surface area contributed by atoms with Crippen molar-refractivity contribution in [3.05, 3.63) is 57.8 Å². The molecule has 1 N–H and O–H groups in total. The molecular weight excluding hydrogens is 321 g/mol. The summed E-state index contributed by atoms with van der Waals surface area (Å²) >= 11 is 12.5. The van der Waals surface area contributed by atoms with Crippen molar-refractivity contribution in [1.29, 1.82) is 0 Å². The third-order valence-electron chi connectivity index (χ3n) is 3.43. The molecule has 3 aromatic rings. The number of pyridine rings is 1. The van der Waals surface area contributed by atoms with Gasteiger partial charge in [0, 0.05) is 25.1 Å². The lowest BCUT2D eigenvalue weighted by atomic mass is 10.2. The zero-order chi connectivity index (χ0) is 15.9. The molecule has 0 saturated carbocycles. The molecule has 0 aliphatic heterocycles. The number of hydrogen-bond donors (Lipinski definition) is 1. The Bertz CT molecular complexity index is 869. The van der Waals surface area contributed by atoms with Gasteiger partial charge in [0.05, 0.1) is 21.0 Å². The van der Waals surface area contributed by atoms with E-state index in [2.05, 4.69) is 10.3 Å². The SMILES string of the molecule is Cc1ccc(NC(=O)c2cnc3c(c(Cl)cn3C)c2Cl)cc1. The minimum atomic E-state index is -0.317. The summed E-state index contributed by atoms with van der Waals surface area (Å²) in [6.45, 7) is 1.98. The Kier molecular flexibility index (Phi) is 3.81. The van der Waals surface area contributed by atoms with Crippen LogP contribution in [0.4, 0.5) is 5.69 Å². The molecule has 0 saturated heterocycles. The largest absolute Gasteiger partial charge is 0.334 e. The fourth-order valence-corrected chi connectivity index (χ4v) is 2.94. The van der Waals surface area contributed by atoms with Crippen LogP contribution < -0.4 is 5.32 Å². The van der Waals surface area contributed by atoms with Crippen LogP contribution in [0, 0.1) is 6.92 Å². The van der Waals surface area contributed by atoms with E-state index in [0.29, 0.717) is 32.3 Å². The van der Waals surface area contributed by atoms with Gasteiger partial charge in [-0.3, -0.25) is 4.79 Å². The second-order valence-electron chi connectivity index (χ2n) is 5.09. The number of rotatable bonds is 2. The van der Waals surface area contributed by atoms with Crippen molar-refractivity contribution < 1.29 is 4.79 Å². The number of carbonyl (C=O) groups excluding carboxylic acids is 1. The molecule has 112 valence electrons. The van der Waals surface area contributed by atoms with E-state index in [1.807, 2.05) is 38.2 Å². The molecule has 4 nitrogen and oxygen atoms in total. The number of halogens is 2. The molecule has 22 heavy (non-hydrogen) atoms. The highest BCUT2D eigenvalue weighted by Crippen LogP contribution is 2.33. The first-order valence-electron chi connectivity index (χ1n) is 6.64. The minimum Gasteiger partial charge on any atom is -0.334 e. The summed E-state index contributed by atoms with van der Waals surface area (Å²) in [6.07, 6.45) is 3.18. The third-order valence-corrected chi connectivity index (χ3v) is 4.11. The Morgan fingerprint density at radius 1 is 1.23 bits per heavy atom. The van der Waals surface area contributed by atoms with Crippen LogP contribution in [0.1, 0.15) is 15.9 Å². The highest BCUT2D eigenvalue weighted by Gasteiger charge is 2.18. The van der Waals surface area contributed by atoms with Gasteiger partial charge in [-0.1, -0.05) is 40.9 Å². The van der Waals surface area contributed by atoms with Crippen LogP contribution in [-0.2, 0) is 7.05 Å². The summed E-state index contributed by atoms with van der Waals surface area (Å²) in [5, 5.41) is 4.17. The molecule has 0 unspecified atom stereocenters. The second kappa shape index (κ2) is 5.63. The lowest BCUT2D eigenvalue weighted by Gasteiger charge is -2.08. The number of nitrogens with one attached hydrogen (secondary N) is 1. The predicted molar refractivity (Wildman–Crippen MR) is 89.9 cm³/mol. The van der Waals surface area contributed by atoms with Gasteiger partial charge in [0.2, 0.25) is 0 Å². The molecule has 1 aromatic carbocycles. The van der Waals surface area contributed by atoms with Crippen LogP contribution in [0.25, 0.3) is 11.0 Å². The Hall–Kier alpha value is -2.04. The second-order valence-corrected chi connectivity index (χ2v) is 5.88. The van der Waals surface area contributed by atoms with Gasteiger partial charge in [-0.2, -0.15) is 0 Å². The maximum atomic E-state index is 12.4. The highest BCUT2D eigenvalue weighted by molar-refractivity contribution is 6.44. The summed E-state index contributed by atoms with van der Waals surface area (Å²) in [7, 11) is 1.82. The number of nitrogens with zero attached hydrogens (tertiary/aromatic N) is 2. The minimum absolute atomic E-state index is 0.294. The van der Waals surface area contributed by atoms with Crippen LogP contribution >= 0.6 is 23.2 Å². The number of anilines is 1. The lowest BCUT2D eigenvalue weighted by Crippen LogP contribution is -2.13. The number of aromatic nitrogens is 2. The third kappa shape index (κ3) is 2.56. The van der Waals surface area contributed by atoms with E-state index in [-0.39, 0.29) is 5.91 Å². The van der Waals surface area contributed by atoms with Gasteiger partial charge in [0.25, 0.3) is 5.91 Å². The maximum absolute atomic E-state index is 12.4. The normalized spacial score (nSPS) is 10.9. The molecule has 0 spiro atoms. The van der Waals surface area contributed by atoms with Crippen LogP contribution in [0.15, 0.2) is 36.7 Å². The van der Waals surface area contributed by atoms with Crippen molar-refractivity contribution in [2.75, 3.05) is 5.32 Å². The van der Waals surface area contributed by atoms with E-state index in [1.54, 1.807) is 10.8 Å². The molecule has 1 amide bonds. The molecule has 0 fully saturated rings. The van der Waals surface area contributed by atoms with E-state index >= 15 is 0 Å². The van der Waals surface area contributed by atoms with Gasteiger partial charge in [-0.15, -0.1) is 0 Å². The average Bonchev–Trinajstić information content (AvgIpc) is 2.77. The van der Waals surface area contributed by atoms with Crippen molar-refractivity contribution in [3.63, 3.8) is 0 Å². The lowest BCUT2D eigenvalue weighted by molar-refractivity contribution is 0.102. The highest BCUT2D eigenvalue weighted by atomic mass is 35.5. The van der Waals surface area contributed by atoms with Gasteiger partial charge < -0.3 is 9.88 Å². The number of benzene rings is 1. The van der Waals surface area contributed by atoms with E-state index < -0.39 is 0 Å². The molecule has 3 rings (SSSR count). The quantitative estimate of drug-likeness (QED) is 0.753. The maximum Gasteiger partial charge on any atom is 0.258 e. The standard InChI is InChI=1S/C16H13Cl2N3O/c1-9-3-5-10(6-4-9)20-16(22)11-7-19-15-13(14(11)18)12(17)8-21(15)2/h3-8H,1-2H3,(H,20,22). The predicted octanol–water partition coefficient (Wildman–Crippen LogP) is 4.44. The first-order valence-corrected chi connectivity index (χ1v) is 7.40. The molecule has 0 radical (unpaired) electrons. The first kappa shape index (κ1) is 14.9.